The van der Waals surface area contributed by atoms with E-state index in [1.54, 1.807) is 0 Å². The molecule has 0 aromatic heterocycles. The number of rotatable bonds is 1. The Kier molecular flexibility index (Phi) is 5.89. The second kappa shape index (κ2) is 8.27. The van der Waals surface area contributed by atoms with Crippen LogP contribution >= 0.6 is 0 Å². The van der Waals surface area contributed by atoms with Crippen LogP contribution in [0.3, 0.4) is 0 Å². The molecule has 0 spiro atoms. The molecule has 0 heterocycles. The highest BCUT2D eigenvalue weighted by Crippen LogP contribution is 2.67. The highest BCUT2D eigenvalue weighted by molar-refractivity contribution is 5.39. The summed E-state index contributed by atoms with van der Waals surface area (Å²) in [6.45, 7) is 4.92. The zero-order chi connectivity index (χ0) is 24.4. The van der Waals surface area contributed by atoms with Crippen molar-refractivity contribution in [3.05, 3.63) is 35.4 Å². The maximum Gasteiger partial charge on any atom is 0.416 e. The predicted molar refractivity (Wildman–Crippen MR) is 126 cm³/mol. The second-order valence-electron chi connectivity index (χ2n) is 12.1. The summed E-state index contributed by atoms with van der Waals surface area (Å²) >= 11 is 0. The van der Waals surface area contributed by atoms with E-state index in [-0.39, 0.29) is 5.41 Å². The quantitative estimate of drug-likeness (QED) is 0.451. The molecule has 0 radical (unpaired) electrons. The molecule has 5 rings (SSSR count). The van der Waals surface area contributed by atoms with E-state index in [0.717, 1.165) is 36.8 Å². The van der Waals surface area contributed by atoms with Gasteiger partial charge in [-0.25, -0.2) is 0 Å². The van der Waals surface area contributed by atoms with E-state index in [2.05, 4.69) is 25.7 Å². The Hall–Kier alpha value is -1.51. The molecule has 0 aliphatic heterocycles. The van der Waals surface area contributed by atoms with Crippen molar-refractivity contribution in [2.75, 3.05) is 7.11 Å². The Morgan fingerprint density at radius 2 is 1.62 bits per heavy atom. The summed E-state index contributed by atoms with van der Waals surface area (Å²) in [4.78, 5) is 0. The fraction of sp³-hybridized carbons (Fsp3) is 0.724. The summed E-state index contributed by atoms with van der Waals surface area (Å²) in [7, 11) is 1.87. The molecule has 4 fully saturated rings. The molecule has 8 atom stereocenters. The van der Waals surface area contributed by atoms with Crippen LogP contribution in [0.4, 0.5) is 13.2 Å². The average Bonchev–Trinajstić information content (AvgIpc) is 3.14. The molecule has 2 nitrogen and oxygen atoms in total. The monoisotopic (exact) mass is 474 g/mol. The molecule has 4 saturated carbocycles. The van der Waals surface area contributed by atoms with E-state index in [4.69, 9.17) is 4.74 Å². The summed E-state index contributed by atoms with van der Waals surface area (Å²) in [5.74, 6) is 8.67. The molecule has 0 bridgehead atoms. The van der Waals surface area contributed by atoms with E-state index in [0.29, 0.717) is 41.8 Å². The van der Waals surface area contributed by atoms with Crippen molar-refractivity contribution in [1.82, 2.24) is 0 Å². The standard InChI is InChI=1S/C29H37F3O2/c1-26-16-17-28(33,15-12-19-4-6-20(7-5-19)29(30,31)32)18-21(26)8-9-22-23-10-11-25(34-3)27(23,2)14-13-24(22)26/h4-7,21-25,33H,8-11,13-14,16-18H2,1-3H3/t21?,22-,23-,24+,25?,26-,27-,28?/m0/s1. The third-order valence-electron chi connectivity index (χ3n) is 10.6. The molecule has 0 saturated heterocycles. The van der Waals surface area contributed by atoms with Gasteiger partial charge in [0.1, 0.15) is 5.60 Å². The van der Waals surface area contributed by atoms with E-state index in [9.17, 15) is 18.3 Å². The van der Waals surface area contributed by atoms with Crippen molar-refractivity contribution in [1.29, 1.82) is 0 Å². The average molecular weight is 475 g/mol. The minimum Gasteiger partial charge on any atom is -0.381 e. The van der Waals surface area contributed by atoms with Crippen LogP contribution in [-0.4, -0.2) is 23.9 Å². The van der Waals surface area contributed by atoms with Crippen molar-refractivity contribution >= 4 is 0 Å². The van der Waals surface area contributed by atoms with Gasteiger partial charge < -0.3 is 9.84 Å². The molecule has 1 aromatic rings. The zero-order valence-electron chi connectivity index (χ0n) is 20.5. The maximum atomic E-state index is 12.8. The van der Waals surface area contributed by atoms with Gasteiger partial charge in [-0.2, -0.15) is 13.2 Å². The third kappa shape index (κ3) is 3.90. The summed E-state index contributed by atoms with van der Waals surface area (Å²) < 4.78 is 44.4. The summed E-state index contributed by atoms with van der Waals surface area (Å²) in [5, 5.41) is 11.4. The molecule has 186 valence electrons. The number of aliphatic hydroxyl groups is 1. The molecule has 1 N–H and O–H groups in total. The molecule has 3 unspecified atom stereocenters. The summed E-state index contributed by atoms with van der Waals surface area (Å²) in [5.41, 5.74) is -0.680. The molecule has 5 heteroatoms. The van der Waals surface area contributed by atoms with Gasteiger partial charge in [-0.15, -0.1) is 0 Å². The SMILES string of the molecule is COC1CC[C@H]2[C@@H]3CCC4CC(O)(C#Cc5ccc(C(F)(F)F)cc5)CC[C@]4(C)[C@@H]3CC[C@]12C. The topological polar surface area (TPSA) is 29.5 Å². The van der Waals surface area contributed by atoms with E-state index in [1.165, 1.54) is 44.2 Å². The minimum absolute atomic E-state index is 0.234. The number of methoxy groups -OCH3 is 1. The van der Waals surface area contributed by atoms with Gasteiger partial charge in [-0.3, -0.25) is 0 Å². The first-order chi connectivity index (χ1) is 16.0. The molecule has 34 heavy (non-hydrogen) atoms. The first kappa shape index (κ1) is 24.2. The van der Waals surface area contributed by atoms with E-state index < -0.39 is 17.3 Å². The molecular formula is C29H37F3O2. The predicted octanol–water partition coefficient (Wildman–Crippen LogP) is 6.85. The van der Waals surface area contributed by atoms with Gasteiger partial charge >= 0.3 is 6.18 Å². The van der Waals surface area contributed by atoms with Crippen LogP contribution in [-0.2, 0) is 10.9 Å². The Morgan fingerprint density at radius 1 is 0.912 bits per heavy atom. The Labute approximate surface area is 201 Å². The maximum absolute atomic E-state index is 12.8. The van der Waals surface area contributed by atoms with Gasteiger partial charge in [0, 0.05) is 12.7 Å². The van der Waals surface area contributed by atoms with Gasteiger partial charge in [0.2, 0.25) is 0 Å². The number of ether oxygens (including phenoxy) is 1. The van der Waals surface area contributed by atoms with E-state index >= 15 is 0 Å². The van der Waals surface area contributed by atoms with Crippen LogP contribution in [0.15, 0.2) is 24.3 Å². The molecular weight excluding hydrogens is 437 g/mol. The Morgan fingerprint density at radius 3 is 2.29 bits per heavy atom. The Bertz CT molecular complexity index is 976. The largest absolute Gasteiger partial charge is 0.416 e. The van der Waals surface area contributed by atoms with Crippen LogP contribution in [0.5, 0.6) is 0 Å². The second-order valence-corrected chi connectivity index (χ2v) is 12.1. The van der Waals surface area contributed by atoms with Crippen LogP contribution in [0.2, 0.25) is 0 Å². The summed E-state index contributed by atoms with van der Waals surface area (Å²) in [6.07, 6.45) is 5.61. The van der Waals surface area contributed by atoms with Gasteiger partial charge in [0.15, 0.2) is 0 Å². The lowest BCUT2D eigenvalue weighted by molar-refractivity contribution is -0.146. The van der Waals surface area contributed by atoms with Crippen molar-refractivity contribution in [2.45, 2.75) is 89.5 Å². The molecule has 4 aliphatic carbocycles. The number of alkyl halides is 3. The molecule has 1 aromatic carbocycles. The molecule has 0 amide bonds. The van der Waals surface area contributed by atoms with Crippen molar-refractivity contribution < 1.29 is 23.0 Å². The normalized spacial score (nSPS) is 43.8. The number of hydrogen-bond donors (Lipinski definition) is 1. The highest BCUT2D eigenvalue weighted by atomic mass is 19.4. The van der Waals surface area contributed by atoms with Gasteiger partial charge in [-0.05, 0) is 117 Å². The zero-order valence-corrected chi connectivity index (χ0v) is 20.5. The first-order valence-corrected chi connectivity index (χ1v) is 12.9. The van der Waals surface area contributed by atoms with Crippen LogP contribution in [0.25, 0.3) is 0 Å². The van der Waals surface area contributed by atoms with E-state index in [1.807, 2.05) is 7.11 Å². The van der Waals surface area contributed by atoms with Gasteiger partial charge in [-0.1, -0.05) is 25.7 Å². The molecule has 4 aliphatic rings. The van der Waals surface area contributed by atoms with Gasteiger partial charge in [0.25, 0.3) is 0 Å². The fourth-order valence-corrected chi connectivity index (χ4v) is 8.63. The Balaban J connectivity index is 1.31. The van der Waals surface area contributed by atoms with Gasteiger partial charge in [0.05, 0.1) is 11.7 Å². The lowest BCUT2D eigenvalue weighted by Gasteiger charge is -2.61. The minimum atomic E-state index is -4.35. The lowest BCUT2D eigenvalue weighted by Crippen LogP contribution is -2.56. The van der Waals surface area contributed by atoms with Crippen LogP contribution in [0.1, 0.15) is 82.8 Å². The van der Waals surface area contributed by atoms with Crippen molar-refractivity contribution in [2.24, 2.45) is 34.5 Å². The number of halogens is 3. The number of benzene rings is 1. The third-order valence-corrected chi connectivity index (χ3v) is 10.6. The first-order valence-electron chi connectivity index (χ1n) is 12.9. The lowest BCUT2D eigenvalue weighted by atomic mass is 9.44. The highest BCUT2D eigenvalue weighted by Gasteiger charge is 2.61. The van der Waals surface area contributed by atoms with Crippen molar-refractivity contribution in [3.63, 3.8) is 0 Å². The van der Waals surface area contributed by atoms with Crippen LogP contribution in [0, 0.1) is 46.3 Å². The fourth-order valence-electron chi connectivity index (χ4n) is 8.63. The van der Waals surface area contributed by atoms with Crippen LogP contribution < -0.4 is 0 Å². The van der Waals surface area contributed by atoms with Crippen molar-refractivity contribution in [3.8, 4) is 11.8 Å². The number of fused-ring (bicyclic) bond motifs is 5. The number of hydrogen-bond acceptors (Lipinski definition) is 2. The smallest absolute Gasteiger partial charge is 0.381 e. The summed E-state index contributed by atoms with van der Waals surface area (Å²) in [6, 6.07) is 4.90.